The third-order valence-corrected chi connectivity index (χ3v) is 3.42. The number of hydrogen-bond acceptors (Lipinski definition) is 3. The van der Waals surface area contributed by atoms with Gasteiger partial charge in [-0.25, -0.2) is 0 Å². The molecule has 1 aliphatic rings. The van der Waals surface area contributed by atoms with Crippen molar-refractivity contribution in [2.24, 2.45) is 5.41 Å². The van der Waals surface area contributed by atoms with E-state index in [2.05, 4.69) is 44.7 Å². The van der Waals surface area contributed by atoms with E-state index in [1.807, 2.05) is 0 Å². The zero-order valence-corrected chi connectivity index (χ0v) is 13.2. The molecule has 0 aromatic heterocycles. The molecule has 0 aliphatic carbocycles. The molecule has 0 bridgehead atoms. The van der Waals surface area contributed by atoms with Gasteiger partial charge in [0.05, 0.1) is 0 Å². The van der Waals surface area contributed by atoms with Crippen LogP contribution in [0, 0.1) is 5.41 Å². The third kappa shape index (κ3) is 6.39. The molecule has 1 aliphatic heterocycles. The van der Waals surface area contributed by atoms with Crippen LogP contribution in [0.5, 0.6) is 0 Å². The second-order valence-corrected chi connectivity index (χ2v) is 6.97. The first kappa shape index (κ1) is 16.4. The Morgan fingerprint density at radius 1 is 1.16 bits per heavy atom. The summed E-state index contributed by atoms with van der Waals surface area (Å²) in [5.74, 6) is 0.293. The van der Waals surface area contributed by atoms with E-state index in [-0.39, 0.29) is 5.41 Å². The van der Waals surface area contributed by atoms with Crippen molar-refractivity contribution in [2.75, 3.05) is 40.4 Å². The Balaban J connectivity index is 2.64. The summed E-state index contributed by atoms with van der Waals surface area (Å²) in [6.45, 7) is 9.69. The third-order valence-electron chi connectivity index (χ3n) is 3.42. The van der Waals surface area contributed by atoms with Crippen LogP contribution in [-0.2, 0) is 9.53 Å². The average Bonchev–Trinajstić information content (AvgIpc) is 2.27. The molecule has 1 amide bonds. The molecule has 112 valence electrons. The molecule has 19 heavy (non-hydrogen) atoms. The van der Waals surface area contributed by atoms with Gasteiger partial charge in [0.2, 0.25) is 5.91 Å². The van der Waals surface area contributed by atoms with Gasteiger partial charge in [-0.3, -0.25) is 4.79 Å². The fourth-order valence-electron chi connectivity index (χ4n) is 2.37. The van der Waals surface area contributed by atoms with Crippen LogP contribution in [0.25, 0.3) is 0 Å². The van der Waals surface area contributed by atoms with E-state index >= 15 is 0 Å². The topological polar surface area (TPSA) is 32.8 Å². The van der Waals surface area contributed by atoms with E-state index in [1.54, 1.807) is 0 Å². The van der Waals surface area contributed by atoms with Gasteiger partial charge < -0.3 is 14.5 Å². The maximum atomic E-state index is 12.5. The molecule has 0 unspecified atom stereocenters. The van der Waals surface area contributed by atoms with Gasteiger partial charge in [0.15, 0.2) is 0 Å². The number of nitrogens with zero attached hydrogens (tertiary/aromatic N) is 2. The number of hydrogen-bond donors (Lipinski definition) is 0. The van der Waals surface area contributed by atoms with E-state index in [0.29, 0.717) is 18.4 Å². The van der Waals surface area contributed by atoms with Crippen molar-refractivity contribution >= 4 is 5.91 Å². The second kappa shape index (κ2) is 7.25. The maximum Gasteiger partial charge on any atom is 0.223 e. The predicted molar refractivity (Wildman–Crippen MR) is 78.2 cm³/mol. The minimum absolute atomic E-state index is 0.0542. The molecule has 1 heterocycles. The highest BCUT2D eigenvalue weighted by molar-refractivity contribution is 5.77. The van der Waals surface area contributed by atoms with E-state index in [0.717, 1.165) is 39.1 Å². The van der Waals surface area contributed by atoms with E-state index < -0.39 is 0 Å². The summed E-state index contributed by atoms with van der Waals surface area (Å²) in [5.41, 5.74) is 0.0542. The summed E-state index contributed by atoms with van der Waals surface area (Å²) in [7, 11) is 4.10. The number of amides is 1. The van der Waals surface area contributed by atoms with Crippen LogP contribution in [-0.4, -0.2) is 62.1 Å². The lowest BCUT2D eigenvalue weighted by Gasteiger charge is -2.36. The Bertz CT molecular complexity index is 278. The fraction of sp³-hybridized carbons (Fsp3) is 0.933. The van der Waals surface area contributed by atoms with Gasteiger partial charge in [0.25, 0.3) is 0 Å². The molecule has 1 rings (SSSR count). The van der Waals surface area contributed by atoms with Gasteiger partial charge in [-0.15, -0.1) is 0 Å². The lowest BCUT2D eigenvalue weighted by molar-refractivity contribution is -0.137. The Hall–Kier alpha value is -0.610. The molecular weight excluding hydrogens is 240 g/mol. The first-order chi connectivity index (χ1) is 8.79. The minimum Gasteiger partial charge on any atom is -0.381 e. The summed E-state index contributed by atoms with van der Waals surface area (Å²) in [6.07, 6.45) is 2.57. The molecule has 0 radical (unpaired) electrons. The molecule has 0 spiro atoms. The highest BCUT2D eigenvalue weighted by Gasteiger charge is 2.28. The Kier molecular flexibility index (Phi) is 6.27. The second-order valence-electron chi connectivity index (χ2n) is 6.97. The van der Waals surface area contributed by atoms with Gasteiger partial charge >= 0.3 is 0 Å². The van der Waals surface area contributed by atoms with Gasteiger partial charge in [0, 0.05) is 38.8 Å². The smallest absolute Gasteiger partial charge is 0.223 e. The fourth-order valence-corrected chi connectivity index (χ4v) is 2.37. The largest absolute Gasteiger partial charge is 0.381 e. The summed E-state index contributed by atoms with van der Waals surface area (Å²) >= 11 is 0. The van der Waals surface area contributed by atoms with Crippen molar-refractivity contribution in [1.29, 1.82) is 0 Å². The van der Waals surface area contributed by atoms with Crippen LogP contribution < -0.4 is 0 Å². The first-order valence-electron chi connectivity index (χ1n) is 7.31. The number of rotatable bonds is 5. The SMILES string of the molecule is CN(C)CCN(C(=O)CC(C)(C)C)C1CCOCC1. The van der Waals surface area contributed by atoms with Crippen LogP contribution in [0.3, 0.4) is 0 Å². The highest BCUT2D eigenvalue weighted by atomic mass is 16.5. The van der Waals surface area contributed by atoms with Crippen molar-refractivity contribution in [3.63, 3.8) is 0 Å². The average molecular weight is 270 g/mol. The Labute approximate surface area is 118 Å². The van der Waals surface area contributed by atoms with Crippen molar-refractivity contribution in [2.45, 2.75) is 46.1 Å². The quantitative estimate of drug-likeness (QED) is 0.766. The summed E-state index contributed by atoms with van der Waals surface area (Å²) in [6, 6.07) is 0.364. The molecule has 0 N–H and O–H groups in total. The number of carbonyl (C=O) groups is 1. The number of carbonyl (C=O) groups excluding carboxylic acids is 1. The minimum atomic E-state index is 0.0542. The lowest BCUT2D eigenvalue weighted by Crippen LogP contribution is -2.47. The van der Waals surface area contributed by atoms with Crippen molar-refractivity contribution < 1.29 is 9.53 Å². The Morgan fingerprint density at radius 3 is 2.21 bits per heavy atom. The summed E-state index contributed by atoms with van der Waals surface area (Å²) in [5, 5.41) is 0. The van der Waals surface area contributed by atoms with Crippen molar-refractivity contribution in [3.8, 4) is 0 Å². The van der Waals surface area contributed by atoms with Gasteiger partial charge in [-0.05, 0) is 32.4 Å². The normalized spacial score (nSPS) is 17.8. The lowest BCUT2D eigenvalue weighted by atomic mass is 9.91. The number of ether oxygens (including phenoxy) is 1. The predicted octanol–water partition coefficient (Wildman–Crippen LogP) is 1.99. The van der Waals surface area contributed by atoms with Crippen molar-refractivity contribution in [1.82, 2.24) is 9.80 Å². The molecule has 4 nitrogen and oxygen atoms in total. The monoisotopic (exact) mass is 270 g/mol. The van der Waals surface area contributed by atoms with Crippen LogP contribution in [0.1, 0.15) is 40.0 Å². The van der Waals surface area contributed by atoms with Crippen LogP contribution in [0.2, 0.25) is 0 Å². The van der Waals surface area contributed by atoms with Crippen LogP contribution in [0.15, 0.2) is 0 Å². The standard InChI is InChI=1S/C15H30N2O2/c1-15(2,3)12-14(18)17(9-8-16(4)5)13-6-10-19-11-7-13/h13H,6-12H2,1-5H3. The molecule has 0 aromatic carbocycles. The molecule has 1 fully saturated rings. The highest BCUT2D eigenvalue weighted by Crippen LogP contribution is 2.23. The Morgan fingerprint density at radius 2 is 1.74 bits per heavy atom. The zero-order valence-electron chi connectivity index (χ0n) is 13.2. The van der Waals surface area contributed by atoms with Gasteiger partial charge in [-0.1, -0.05) is 20.8 Å². The molecule has 0 aromatic rings. The molecule has 0 atom stereocenters. The zero-order chi connectivity index (χ0) is 14.5. The van der Waals surface area contributed by atoms with Crippen LogP contribution >= 0.6 is 0 Å². The summed E-state index contributed by atoms with van der Waals surface area (Å²) in [4.78, 5) is 16.8. The first-order valence-corrected chi connectivity index (χ1v) is 7.31. The molecule has 1 saturated heterocycles. The van der Waals surface area contributed by atoms with E-state index in [1.165, 1.54) is 0 Å². The van der Waals surface area contributed by atoms with Gasteiger partial charge in [0.1, 0.15) is 0 Å². The van der Waals surface area contributed by atoms with Gasteiger partial charge in [-0.2, -0.15) is 0 Å². The maximum absolute atomic E-state index is 12.5. The van der Waals surface area contributed by atoms with E-state index in [4.69, 9.17) is 4.74 Å². The van der Waals surface area contributed by atoms with Crippen LogP contribution in [0.4, 0.5) is 0 Å². The van der Waals surface area contributed by atoms with E-state index in [9.17, 15) is 4.79 Å². The molecular formula is C15H30N2O2. The van der Waals surface area contributed by atoms with Crippen molar-refractivity contribution in [3.05, 3.63) is 0 Å². The molecule has 0 saturated carbocycles. The number of likely N-dealkylation sites (N-methyl/N-ethyl adjacent to an activating group) is 1. The molecule has 4 heteroatoms. The summed E-state index contributed by atoms with van der Waals surface area (Å²) < 4.78 is 5.41.